The van der Waals surface area contributed by atoms with Crippen LogP contribution < -0.4 is 10.2 Å². The molecular formula is C24H22ClN3O3. The number of nitrogens with zero attached hydrogens (tertiary/aromatic N) is 2. The molecule has 6 rings (SSSR count). The quantitative estimate of drug-likeness (QED) is 0.697. The van der Waals surface area contributed by atoms with Crippen molar-refractivity contribution in [2.45, 2.75) is 38.3 Å². The number of hydrogen-bond donors (Lipinski definition) is 1. The van der Waals surface area contributed by atoms with Gasteiger partial charge in [-0.05, 0) is 56.5 Å². The normalized spacial score (nSPS) is 31.4. The molecule has 3 fully saturated rings. The second-order valence-electron chi connectivity index (χ2n) is 9.09. The van der Waals surface area contributed by atoms with E-state index >= 15 is 0 Å². The molecule has 4 aliphatic heterocycles. The second kappa shape index (κ2) is 6.17. The minimum absolute atomic E-state index is 0.133. The van der Waals surface area contributed by atoms with Crippen LogP contribution in [0.3, 0.4) is 0 Å². The van der Waals surface area contributed by atoms with Gasteiger partial charge in [0.15, 0.2) is 0 Å². The van der Waals surface area contributed by atoms with Gasteiger partial charge in [-0.1, -0.05) is 35.9 Å². The third-order valence-corrected chi connectivity index (χ3v) is 7.85. The Labute approximate surface area is 185 Å². The van der Waals surface area contributed by atoms with Gasteiger partial charge in [0.25, 0.3) is 5.91 Å². The summed E-state index contributed by atoms with van der Waals surface area (Å²) in [6.45, 7) is 4.50. The number of anilines is 2. The number of fused-ring (bicyclic) bond motifs is 7. The molecule has 1 spiro atoms. The summed E-state index contributed by atoms with van der Waals surface area (Å²) in [5.74, 6) is -2.03. The average Bonchev–Trinajstić information content (AvgIpc) is 3.42. The minimum Gasteiger partial charge on any atom is -0.323 e. The summed E-state index contributed by atoms with van der Waals surface area (Å²) in [6, 6.07) is 11.0. The number of rotatable bonds is 1. The third-order valence-electron chi connectivity index (χ3n) is 7.55. The molecule has 0 unspecified atom stereocenters. The predicted molar refractivity (Wildman–Crippen MR) is 117 cm³/mol. The zero-order valence-electron chi connectivity index (χ0n) is 17.3. The van der Waals surface area contributed by atoms with Crippen LogP contribution in [0, 0.1) is 25.7 Å². The highest BCUT2D eigenvalue weighted by Crippen LogP contribution is 2.61. The van der Waals surface area contributed by atoms with Gasteiger partial charge in [0.2, 0.25) is 11.8 Å². The van der Waals surface area contributed by atoms with Crippen molar-refractivity contribution >= 4 is 40.7 Å². The van der Waals surface area contributed by atoms with Gasteiger partial charge in [0.05, 0.1) is 28.2 Å². The van der Waals surface area contributed by atoms with Gasteiger partial charge in [0, 0.05) is 11.6 Å². The molecule has 4 atom stereocenters. The van der Waals surface area contributed by atoms with Crippen LogP contribution in [-0.2, 0) is 19.9 Å². The summed E-state index contributed by atoms with van der Waals surface area (Å²) in [5, 5.41) is 3.42. The molecule has 1 N–H and O–H groups in total. The Morgan fingerprint density at radius 3 is 2.65 bits per heavy atom. The van der Waals surface area contributed by atoms with Crippen molar-refractivity contribution in [3.63, 3.8) is 0 Å². The summed E-state index contributed by atoms with van der Waals surface area (Å²) in [7, 11) is 0. The van der Waals surface area contributed by atoms with Crippen molar-refractivity contribution < 1.29 is 14.4 Å². The maximum absolute atomic E-state index is 13.9. The van der Waals surface area contributed by atoms with Crippen LogP contribution in [-0.4, -0.2) is 35.2 Å². The molecule has 2 aromatic rings. The number of hydrogen-bond acceptors (Lipinski definition) is 4. The molecule has 2 aromatic carbocycles. The van der Waals surface area contributed by atoms with E-state index in [1.54, 1.807) is 6.07 Å². The van der Waals surface area contributed by atoms with E-state index in [1.807, 2.05) is 44.2 Å². The first kappa shape index (κ1) is 19.0. The standard InChI is InChI=1S/C24H22ClN3O3/c1-12-10-14-20(15(25)11-12)26-23(31)24(14)19-18(17-8-5-9-27(17)24)21(29)28(22(19)30)16-7-4-3-6-13(16)2/h3-4,6-7,10-11,17-19H,5,8-9H2,1-2H3,(H,26,31)/t17-,18+,19+,24-/m1/s1. The van der Waals surface area contributed by atoms with Crippen LogP contribution in [0.5, 0.6) is 0 Å². The van der Waals surface area contributed by atoms with E-state index in [1.165, 1.54) is 4.90 Å². The number of nitrogens with one attached hydrogen (secondary N) is 1. The molecule has 31 heavy (non-hydrogen) atoms. The molecule has 0 aromatic heterocycles. The van der Waals surface area contributed by atoms with Crippen molar-refractivity contribution in [2.75, 3.05) is 16.8 Å². The highest BCUT2D eigenvalue weighted by atomic mass is 35.5. The van der Waals surface area contributed by atoms with Gasteiger partial charge in [-0.15, -0.1) is 0 Å². The molecule has 3 amide bonds. The minimum atomic E-state index is -1.19. The number of aryl methyl sites for hydroxylation is 2. The monoisotopic (exact) mass is 435 g/mol. The molecule has 4 aliphatic rings. The molecule has 0 radical (unpaired) electrons. The zero-order valence-corrected chi connectivity index (χ0v) is 18.1. The lowest BCUT2D eigenvalue weighted by Gasteiger charge is -2.37. The van der Waals surface area contributed by atoms with Crippen molar-refractivity contribution in [1.82, 2.24) is 4.90 Å². The molecule has 6 nitrogen and oxygen atoms in total. The molecule has 0 bridgehead atoms. The van der Waals surface area contributed by atoms with Crippen LogP contribution >= 0.6 is 11.6 Å². The second-order valence-corrected chi connectivity index (χ2v) is 9.50. The molecule has 7 heteroatoms. The van der Waals surface area contributed by atoms with E-state index in [0.29, 0.717) is 22.9 Å². The first-order valence-electron chi connectivity index (χ1n) is 10.7. The molecule has 0 saturated carbocycles. The summed E-state index contributed by atoms with van der Waals surface area (Å²) in [4.78, 5) is 44.8. The highest BCUT2D eigenvalue weighted by Gasteiger charge is 2.74. The van der Waals surface area contributed by atoms with E-state index in [2.05, 4.69) is 10.2 Å². The van der Waals surface area contributed by atoms with Crippen LogP contribution in [0.25, 0.3) is 0 Å². The molecule has 4 heterocycles. The van der Waals surface area contributed by atoms with Crippen molar-refractivity contribution in [3.05, 3.63) is 58.1 Å². The number of para-hydroxylation sites is 1. The fourth-order valence-corrected chi connectivity index (χ4v) is 6.77. The lowest BCUT2D eigenvalue weighted by molar-refractivity contribution is -0.135. The number of carbonyl (C=O) groups excluding carboxylic acids is 3. The van der Waals surface area contributed by atoms with E-state index in [4.69, 9.17) is 11.6 Å². The van der Waals surface area contributed by atoms with Crippen molar-refractivity contribution in [2.24, 2.45) is 11.8 Å². The topological polar surface area (TPSA) is 69.7 Å². The van der Waals surface area contributed by atoms with Gasteiger partial charge in [-0.2, -0.15) is 0 Å². The van der Waals surface area contributed by atoms with Gasteiger partial charge in [0.1, 0.15) is 5.54 Å². The molecule has 0 aliphatic carbocycles. The fourth-order valence-electron chi connectivity index (χ4n) is 6.45. The summed E-state index contributed by atoms with van der Waals surface area (Å²) in [6.07, 6.45) is 1.69. The molecule has 3 saturated heterocycles. The molecular weight excluding hydrogens is 414 g/mol. The smallest absolute Gasteiger partial charge is 0.250 e. The van der Waals surface area contributed by atoms with E-state index in [9.17, 15) is 14.4 Å². The number of amides is 3. The summed E-state index contributed by atoms with van der Waals surface area (Å²) < 4.78 is 0. The Kier molecular flexibility index (Phi) is 3.79. The predicted octanol–water partition coefficient (Wildman–Crippen LogP) is 3.39. The maximum Gasteiger partial charge on any atom is 0.250 e. The lowest BCUT2D eigenvalue weighted by Crippen LogP contribution is -2.54. The first-order chi connectivity index (χ1) is 14.9. The summed E-state index contributed by atoms with van der Waals surface area (Å²) >= 11 is 6.50. The van der Waals surface area contributed by atoms with E-state index in [0.717, 1.165) is 29.5 Å². The Balaban J connectivity index is 1.60. The third kappa shape index (κ3) is 2.14. The Hall–Kier alpha value is -2.70. The Bertz CT molecular complexity index is 1190. The summed E-state index contributed by atoms with van der Waals surface area (Å²) in [5.41, 5.74) is 2.49. The Morgan fingerprint density at radius 1 is 1.10 bits per heavy atom. The van der Waals surface area contributed by atoms with Gasteiger partial charge >= 0.3 is 0 Å². The van der Waals surface area contributed by atoms with Gasteiger partial charge in [-0.25, -0.2) is 4.90 Å². The van der Waals surface area contributed by atoms with E-state index in [-0.39, 0.29) is 23.8 Å². The first-order valence-corrected chi connectivity index (χ1v) is 11.1. The number of carbonyl (C=O) groups is 3. The van der Waals surface area contributed by atoms with E-state index < -0.39 is 17.4 Å². The SMILES string of the molecule is Cc1cc(Cl)c2c(c1)[C@]1(C(=O)N2)[C@@H]2C(=O)N(c3ccccc3C)C(=O)[C@H]2[C@H]2CCCN21. The largest absolute Gasteiger partial charge is 0.323 e. The van der Waals surface area contributed by atoms with Crippen LogP contribution in [0.1, 0.15) is 29.5 Å². The number of benzene rings is 2. The number of imide groups is 1. The van der Waals surface area contributed by atoms with Crippen LogP contribution in [0.2, 0.25) is 5.02 Å². The number of halogens is 1. The Morgan fingerprint density at radius 2 is 1.87 bits per heavy atom. The van der Waals surface area contributed by atoms with Crippen LogP contribution in [0.4, 0.5) is 11.4 Å². The van der Waals surface area contributed by atoms with Gasteiger partial charge < -0.3 is 5.32 Å². The van der Waals surface area contributed by atoms with Crippen molar-refractivity contribution in [3.8, 4) is 0 Å². The zero-order chi connectivity index (χ0) is 21.7. The average molecular weight is 436 g/mol. The maximum atomic E-state index is 13.9. The molecule has 158 valence electrons. The fraction of sp³-hybridized carbons (Fsp3) is 0.375. The van der Waals surface area contributed by atoms with Crippen molar-refractivity contribution in [1.29, 1.82) is 0 Å². The van der Waals surface area contributed by atoms with Crippen LogP contribution in [0.15, 0.2) is 36.4 Å². The lowest BCUT2D eigenvalue weighted by atomic mass is 9.75. The van der Waals surface area contributed by atoms with Gasteiger partial charge in [-0.3, -0.25) is 19.3 Å². The highest BCUT2D eigenvalue weighted by molar-refractivity contribution is 6.35.